The van der Waals surface area contributed by atoms with Crippen molar-refractivity contribution in [1.82, 2.24) is 0 Å². The van der Waals surface area contributed by atoms with Gasteiger partial charge < -0.3 is 9.73 Å². The Morgan fingerprint density at radius 3 is 2.43 bits per heavy atom. The molecule has 2 heterocycles. The molecule has 0 radical (unpaired) electrons. The first-order valence-electron chi connectivity index (χ1n) is 9.34. The van der Waals surface area contributed by atoms with Crippen molar-refractivity contribution in [3.63, 3.8) is 0 Å². The van der Waals surface area contributed by atoms with Gasteiger partial charge in [0.2, 0.25) is 0 Å². The van der Waals surface area contributed by atoms with Crippen molar-refractivity contribution in [3.05, 3.63) is 95.7 Å². The van der Waals surface area contributed by atoms with Crippen molar-refractivity contribution in [2.45, 2.75) is 19.5 Å². The normalized spacial score (nSPS) is 18.8. The fourth-order valence-corrected chi connectivity index (χ4v) is 3.88. The zero-order chi connectivity index (χ0) is 19.3. The summed E-state index contributed by atoms with van der Waals surface area (Å²) < 4.78 is 6.19. The molecule has 1 aliphatic heterocycles. The molecule has 3 aromatic carbocycles. The number of hydrogen-bond donors (Lipinski definition) is 1. The topological polar surface area (TPSA) is 45.5 Å². The van der Waals surface area contributed by atoms with Crippen LogP contribution < -0.4 is 10.2 Å². The molecule has 4 nitrogen and oxygen atoms in total. The van der Waals surface area contributed by atoms with Crippen molar-refractivity contribution in [3.8, 4) is 0 Å². The Balaban J connectivity index is 1.74. The molecule has 0 fully saturated rings. The molecule has 0 saturated carbocycles. The van der Waals surface area contributed by atoms with E-state index in [0.29, 0.717) is 11.3 Å². The number of amides is 1. The van der Waals surface area contributed by atoms with E-state index in [-0.39, 0.29) is 5.91 Å². The number of nitrogens with one attached hydrogen (secondary N) is 1. The molecule has 1 aliphatic rings. The molecule has 1 aromatic heterocycles. The first kappa shape index (κ1) is 16.6. The molecular formula is C24H20N2O2. The number of para-hydroxylation sites is 2. The second kappa shape index (κ2) is 5.99. The molecule has 0 unspecified atom stereocenters. The van der Waals surface area contributed by atoms with Crippen molar-refractivity contribution >= 4 is 28.3 Å². The first-order chi connectivity index (χ1) is 13.6. The highest BCUT2D eigenvalue weighted by molar-refractivity contribution is 6.12. The summed E-state index contributed by atoms with van der Waals surface area (Å²) in [5, 5.41) is 4.57. The lowest BCUT2D eigenvalue weighted by atomic mass is 9.97. The summed E-state index contributed by atoms with van der Waals surface area (Å²) in [4.78, 5) is 15.3. The highest BCUT2D eigenvalue weighted by Crippen LogP contribution is 2.42. The van der Waals surface area contributed by atoms with Gasteiger partial charge in [-0.25, -0.2) is 0 Å². The molecule has 138 valence electrons. The second-order valence-corrected chi connectivity index (χ2v) is 7.37. The minimum Gasteiger partial charge on any atom is -0.457 e. The Bertz CT molecular complexity index is 1160. The molecule has 1 N–H and O–H groups in total. The fraction of sp³-hybridized carbons (Fsp3) is 0.125. The van der Waals surface area contributed by atoms with Crippen LogP contribution in [0.1, 0.15) is 28.6 Å². The Morgan fingerprint density at radius 2 is 1.64 bits per heavy atom. The number of aryl methyl sites for hydroxylation is 1. The van der Waals surface area contributed by atoms with Crippen molar-refractivity contribution in [2.24, 2.45) is 0 Å². The Morgan fingerprint density at radius 1 is 0.929 bits per heavy atom. The van der Waals surface area contributed by atoms with Crippen LogP contribution in [0.15, 0.2) is 83.3 Å². The first-order valence-corrected chi connectivity index (χ1v) is 9.34. The van der Waals surface area contributed by atoms with Gasteiger partial charge in [0.1, 0.15) is 5.58 Å². The van der Waals surface area contributed by atoms with E-state index in [1.54, 1.807) is 4.90 Å². The second-order valence-electron chi connectivity index (χ2n) is 7.37. The van der Waals surface area contributed by atoms with Crippen LogP contribution in [0.4, 0.5) is 11.4 Å². The zero-order valence-electron chi connectivity index (χ0n) is 15.8. The Labute approximate surface area is 163 Å². The number of carbonyl (C=O) groups excluding carboxylic acids is 1. The Hall–Kier alpha value is -3.53. The van der Waals surface area contributed by atoms with Gasteiger partial charge in [-0.1, -0.05) is 48.0 Å². The minimum atomic E-state index is -0.861. The van der Waals surface area contributed by atoms with Crippen LogP contribution in [0.2, 0.25) is 0 Å². The van der Waals surface area contributed by atoms with Gasteiger partial charge >= 0.3 is 0 Å². The van der Waals surface area contributed by atoms with Crippen molar-refractivity contribution < 1.29 is 9.21 Å². The van der Waals surface area contributed by atoms with Crippen LogP contribution in [0.5, 0.6) is 0 Å². The summed E-state index contributed by atoms with van der Waals surface area (Å²) >= 11 is 0. The van der Waals surface area contributed by atoms with Crippen LogP contribution in [0.3, 0.4) is 0 Å². The molecule has 1 atom stereocenters. The number of furan rings is 1. The van der Waals surface area contributed by atoms with E-state index < -0.39 is 5.66 Å². The number of rotatable bonds is 2. The standard InChI is InChI=1S/C24H20N2O2/c1-16-11-13-18(14-12-16)26-23(27)19-8-4-5-9-20(19)25-24(26,2)22-15-17-7-3-6-10-21(17)28-22/h3-15,25H,1-2H3/t24-/m0/s1. The molecule has 4 aromatic rings. The summed E-state index contributed by atoms with van der Waals surface area (Å²) in [7, 11) is 0. The van der Waals surface area contributed by atoms with Gasteiger partial charge in [0.05, 0.1) is 5.56 Å². The number of nitrogens with zero attached hydrogens (tertiary/aromatic N) is 1. The highest BCUT2D eigenvalue weighted by Gasteiger charge is 2.45. The van der Waals surface area contributed by atoms with Crippen molar-refractivity contribution in [2.75, 3.05) is 10.2 Å². The fourth-order valence-electron chi connectivity index (χ4n) is 3.88. The van der Waals surface area contributed by atoms with E-state index in [2.05, 4.69) is 5.32 Å². The van der Waals surface area contributed by atoms with Crippen LogP contribution in [0, 0.1) is 6.92 Å². The van der Waals surface area contributed by atoms with Crippen LogP contribution >= 0.6 is 0 Å². The molecule has 4 heteroatoms. The lowest BCUT2D eigenvalue weighted by molar-refractivity contribution is 0.0950. The maximum Gasteiger partial charge on any atom is 0.262 e. The molecule has 0 spiro atoms. The van der Waals surface area contributed by atoms with Gasteiger partial charge in [-0.2, -0.15) is 0 Å². The Kier molecular flexibility index (Phi) is 3.56. The largest absolute Gasteiger partial charge is 0.457 e. The molecular weight excluding hydrogens is 348 g/mol. The third kappa shape index (κ3) is 2.42. The molecule has 1 amide bonds. The summed E-state index contributed by atoms with van der Waals surface area (Å²) in [6.07, 6.45) is 0. The minimum absolute atomic E-state index is 0.0545. The molecule has 28 heavy (non-hydrogen) atoms. The van der Waals surface area contributed by atoms with E-state index in [1.807, 2.05) is 92.7 Å². The van der Waals surface area contributed by atoms with E-state index in [0.717, 1.165) is 27.9 Å². The van der Waals surface area contributed by atoms with Gasteiger partial charge in [-0.15, -0.1) is 0 Å². The lowest BCUT2D eigenvalue weighted by Gasteiger charge is -2.45. The third-order valence-electron chi connectivity index (χ3n) is 5.38. The summed E-state index contributed by atoms with van der Waals surface area (Å²) in [6.45, 7) is 4.02. The number of carbonyl (C=O) groups is 1. The maximum atomic E-state index is 13.6. The molecule has 0 saturated heterocycles. The zero-order valence-corrected chi connectivity index (χ0v) is 15.8. The van der Waals surface area contributed by atoms with Gasteiger partial charge in [0.25, 0.3) is 5.91 Å². The maximum absolute atomic E-state index is 13.6. The average Bonchev–Trinajstić information content (AvgIpc) is 3.15. The predicted octanol–water partition coefficient (Wildman–Crippen LogP) is 5.69. The number of fused-ring (bicyclic) bond motifs is 2. The number of benzene rings is 3. The van der Waals surface area contributed by atoms with Crippen LogP contribution in [0.25, 0.3) is 11.0 Å². The van der Waals surface area contributed by atoms with E-state index in [4.69, 9.17) is 4.42 Å². The smallest absolute Gasteiger partial charge is 0.262 e. The average molecular weight is 368 g/mol. The summed E-state index contributed by atoms with van der Waals surface area (Å²) in [5.41, 5.74) is 3.36. The van der Waals surface area contributed by atoms with Crippen molar-refractivity contribution in [1.29, 1.82) is 0 Å². The number of anilines is 2. The van der Waals surface area contributed by atoms with Gasteiger partial charge in [-0.3, -0.25) is 9.69 Å². The molecule has 0 aliphatic carbocycles. The van der Waals surface area contributed by atoms with Gasteiger partial charge in [0, 0.05) is 16.8 Å². The van der Waals surface area contributed by atoms with Crippen LogP contribution in [-0.4, -0.2) is 5.91 Å². The molecule has 0 bridgehead atoms. The summed E-state index contributed by atoms with van der Waals surface area (Å²) in [6, 6.07) is 25.5. The third-order valence-corrected chi connectivity index (χ3v) is 5.38. The number of hydrogen-bond acceptors (Lipinski definition) is 3. The SMILES string of the molecule is Cc1ccc(N2C(=O)c3ccccc3N[C@]2(C)c2cc3ccccc3o2)cc1. The monoisotopic (exact) mass is 368 g/mol. The highest BCUT2D eigenvalue weighted by atomic mass is 16.3. The van der Waals surface area contributed by atoms with E-state index in [9.17, 15) is 4.79 Å². The summed E-state index contributed by atoms with van der Waals surface area (Å²) in [5.74, 6) is 0.637. The van der Waals surface area contributed by atoms with E-state index >= 15 is 0 Å². The van der Waals surface area contributed by atoms with Crippen LogP contribution in [-0.2, 0) is 5.66 Å². The quantitative estimate of drug-likeness (QED) is 0.495. The van der Waals surface area contributed by atoms with Gasteiger partial charge in [0.15, 0.2) is 11.4 Å². The molecule has 5 rings (SSSR count). The predicted molar refractivity (Wildman–Crippen MR) is 112 cm³/mol. The van der Waals surface area contributed by atoms with E-state index in [1.165, 1.54) is 0 Å². The van der Waals surface area contributed by atoms with Gasteiger partial charge in [-0.05, 0) is 50.2 Å². The lowest BCUT2D eigenvalue weighted by Crippen LogP contribution is -2.56.